The highest BCUT2D eigenvalue weighted by molar-refractivity contribution is 6.13. The molecule has 0 fully saturated rings. The van der Waals surface area contributed by atoms with Gasteiger partial charge in [-0.15, -0.1) is 0 Å². The summed E-state index contributed by atoms with van der Waals surface area (Å²) in [5.41, 5.74) is 5.92. The summed E-state index contributed by atoms with van der Waals surface area (Å²) in [6, 6.07) is 15.1. The third-order valence-corrected chi connectivity index (χ3v) is 5.56. The van der Waals surface area contributed by atoms with E-state index < -0.39 is 0 Å². The smallest absolute Gasteiger partial charge is 0.151 e. The van der Waals surface area contributed by atoms with Crippen LogP contribution in [0.2, 0.25) is 0 Å². The molecule has 150 valence electrons. The number of benzene rings is 2. The molecule has 0 bridgehead atoms. The molecule has 4 rings (SSSR count). The van der Waals surface area contributed by atoms with Gasteiger partial charge in [-0.2, -0.15) is 0 Å². The van der Waals surface area contributed by atoms with E-state index in [0.717, 1.165) is 48.6 Å². The minimum absolute atomic E-state index is 0.819. The van der Waals surface area contributed by atoms with Gasteiger partial charge in [-0.05, 0) is 50.8 Å². The third-order valence-electron chi connectivity index (χ3n) is 5.56. The first-order chi connectivity index (χ1) is 14.1. The lowest BCUT2D eigenvalue weighted by atomic mass is 10.1. The standard InChI is InChI=1S/C25H30N4/c1-6-15-28(16-7-2)24-22-20-13-8-9-14-21(20)29(25(22)27-19(5)26-24)23-17(3)11-10-12-18(23)4/h8-14H,6-7,15-16H2,1-5H3. The number of aromatic nitrogens is 3. The summed E-state index contributed by atoms with van der Waals surface area (Å²) < 4.78 is 2.34. The molecule has 0 radical (unpaired) electrons. The molecule has 0 saturated carbocycles. The van der Waals surface area contributed by atoms with Crippen LogP contribution in [0.1, 0.15) is 43.6 Å². The van der Waals surface area contributed by atoms with Gasteiger partial charge in [0, 0.05) is 18.5 Å². The summed E-state index contributed by atoms with van der Waals surface area (Å²) in [6.45, 7) is 12.8. The number of anilines is 1. The summed E-state index contributed by atoms with van der Waals surface area (Å²) in [4.78, 5) is 12.3. The molecular formula is C25H30N4. The molecule has 0 aliphatic carbocycles. The highest BCUT2D eigenvalue weighted by Gasteiger charge is 2.22. The van der Waals surface area contributed by atoms with Gasteiger partial charge in [0.2, 0.25) is 0 Å². The molecule has 0 aliphatic rings. The highest BCUT2D eigenvalue weighted by atomic mass is 15.2. The lowest BCUT2D eigenvalue weighted by molar-refractivity contribution is 0.734. The molecule has 2 aromatic heterocycles. The lowest BCUT2D eigenvalue weighted by Gasteiger charge is -2.24. The van der Waals surface area contributed by atoms with Gasteiger partial charge in [0.25, 0.3) is 0 Å². The number of para-hydroxylation sites is 2. The fourth-order valence-electron chi connectivity index (χ4n) is 4.42. The highest BCUT2D eigenvalue weighted by Crippen LogP contribution is 2.37. The molecule has 0 aliphatic heterocycles. The molecule has 2 heterocycles. The van der Waals surface area contributed by atoms with E-state index in [2.05, 4.69) is 79.6 Å². The van der Waals surface area contributed by atoms with E-state index in [1.165, 1.54) is 27.7 Å². The maximum Gasteiger partial charge on any atom is 0.151 e. The molecule has 0 atom stereocenters. The number of rotatable bonds is 6. The fourth-order valence-corrected chi connectivity index (χ4v) is 4.42. The van der Waals surface area contributed by atoms with Crippen molar-refractivity contribution in [2.45, 2.75) is 47.5 Å². The van der Waals surface area contributed by atoms with Crippen LogP contribution in [0, 0.1) is 20.8 Å². The Balaban J connectivity index is 2.16. The number of aryl methyl sites for hydroxylation is 3. The molecule has 4 heteroatoms. The second-order valence-corrected chi connectivity index (χ2v) is 7.87. The van der Waals surface area contributed by atoms with Crippen LogP contribution in [0.25, 0.3) is 27.6 Å². The van der Waals surface area contributed by atoms with Gasteiger partial charge in [0.15, 0.2) is 5.65 Å². The predicted octanol–water partition coefficient (Wildman–Crippen LogP) is 6.13. The second kappa shape index (κ2) is 7.86. The molecule has 0 spiro atoms. The van der Waals surface area contributed by atoms with Crippen LogP contribution in [0.4, 0.5) is 5.82 Å². The van der Waals surface area contributed by atoms with E-state index in [-0.39, 0.29) is 0 Å². The Morgan fingerprint density at radius 3 is 2.14 bits per heavy atom. The Hall–Kier alpha value is -2.88. The van der Waals surface area contributed by atoms with Crippen molar-refractivity contribution < 1.29 is 0 Å². The quantitative estimate of drug-likeness (QED) is 0.400. The van der Waals surface area contributed by atoms with Gasteiger partial charge >= 0.3 is 0 Å². The van der Waals surface area contributed by atoms with Crippen LogP contribution >= 0.6 is 0 Å². The monoisotopic (exact) mass is 386 g/mol. The van der Waals surface area contributed by atoms with E-state index in [0.29, 0.717) is 0 Å². The Kier molecular flexibility index (Phi) is 5.27. The summed E-state index contributed by atoms with van der Waals surface area (Å²) in [7, 11) is 0. The minimum Gasteiger partial charge on any atom is -0.356 e. The van der Waals surface area contributed by atoms with Crippen LogP contribution in [-0.2, 0) is 0 Å². The maximum absolute atomic E-state index is 4.96. The van der Waals surface area contributed by atoms with E-state index in [9.17, 15) is 0 Å². The molecule has 0 amide bonds. The Morgan fingerprint density at radius 1 is 0.828 bits per heavy atom. The van der Waals surface area contributed by atoms with Crippen molar-refractivity contribution in [1.82, 2.24) is 14.5 Å². The first-order valence-electron chi connectivity index (χ1n) is 10.7. The Bertz CT molecular complexity index is 1150. The summed E-state index contributed by atoms with van der Waals surface area (Å²) in [5, 5.41) is 2.38. The Morgan fingerprint density at radius 2 is 1.48 bits per heavy atom. The van der Waals surface area contributed by atoms with Crippen LogP contribution in [-0.4, -0.2) is 27.6 Å². The van der Waals surface area contributed by atoms with Crippen molar-refractivity contribution in [2.24, 2.45) is 0 Å². The zero-order valence-corrected chi connectivity index (χ0v) is 18.2. The van der Waals surface area contributed by atoms with E-state index in [1.54, 1.807) is 0 Å². The van der Waals surface area contributed by atoms with E-state index >= 15 is 0 Å². The summed E-state index contributed by atoms with van der Waals surface area (Å²) in [5.74, 6) is 1.89. The molecular weight excluding hydrogens is 356 g/mol. The number of nitrogens with zero attached hydrogens (tertiary/aromatic N) is 4. The number of hydrogen-bond donors (Lipinski definition) is 0. The maximum atomic E-state index is 4.96. The van der Waals surface area contributed by atoms with Gasteiger partial charge in [-0.1, -0.05) is 50.2 Å². The van der Waals surface area contributed by atoms with Crippen molar-refractivity contribution in [3.8, 4) is 5.69 Å². The molecule has 0 N–H and O–H groups in total. The van der Waals surface area contributed by atoms with Gasteiger partial charge in [-0.25, -0.2) is 9.97 Å². The molecule has 2 aromatic carbocycles. The molecule has 29 heavy (non-hydrogen) atoms. The lowest BCUT2D eigenvalue weighted by Crippen LogP contribution is -2.26. The van der Waals surface area contributed by atoms with E-state index in [4.69, 9.17) is 9.97 Å². The van der Waals surface area contributed by atoms with Crippen LogP contribution in [0.15, 0.2) is 42.5 Å². The van der Waals surface area contributed by atoms with E-state index in [1.807, 2.05) is 6.92 Å². The summed E-state index contributed by atoms with van der Waals surface area (Å²) >= 11 is 0. The number of hydrogen-bond acceptors (Lipinski definition) is 3. The SMILES string of the molecule is CCCN(CCC)c1nc(C)nc2c1c1ccccc1n2-c1c(C)cccc1C. The van der Waals surface area contributed by atoms with Gasteiger partial charge < -0.3 is 4.90 Å². The zero-order valence-electron chi connectivity index (χ0n) is 18.2. The number of fused-ring (bicyclic) bond motifs is 3. The van der Waals surface area contributed by atoms with Crippen LogP contribution in [0.3, 0.4) is 0 Å². The average molecular weight is 387 g/mol. The third kappa shape index (κ3) is 3.27. The molecule has 4 aromatic rings. The zero-order chi connectivity index (χ0) is 20.5. The summed E-state index contributed by atoms with van der Waals surface area (Å²) in [6.07, 6.45) is 2.19. The average Bonchev–Trinajstić information content (AvgIpc) is 3.01. The fraction of sp³-hybridized carbons (Fsp3) is 0.360. The van der Waals surface area contributed by atoms with Gasteiger partial charge in [0.05, 0.1) is 16.6 Å². The largest absolute Gasteiger partial charge is 0.356 e. The van der Waals surface area contributed by atoms with Gasteiger partial charge in [0.1, 0.15) is 11.6 Å². The van der Waals surface area contributed by atoms with Crippen LogP contribution in [0.5, 0.6) is 0 Å². The molecule has 4 nitrogen and oxygen atoms in total. The van der Waals surface area contributed by atoms with Crippen molar-refractivity contribution in [3.63, 3.8) is 0 Å². The van der Waals surface area contributed by atoms with Crippen molar-refractivity contribution in [2.75, 3.05) is 18.0 Å². The first kappa shape index (κ1) is 19.4. The van der Waals surface area contributed by atoms with Crippen molar-refractivity contribution >= 4 is 27.8 Å². The van der Waals surface area contributed by atoms with Crippen LogP contribution < -0.4 is 4.90 Å². The normalized spacial score (nSPS) is 11.5. The van der Waals surface area contributed by atoms with Crippen molar-refractivity contribution in [3.05, 3.63) is 59.4 Å². The predicted molar refractivity (Wildman–Crippen MR) is 123 cm³/mol. The first-order valence-corrected chi connectivity index (χ1v) is 10.7. The molecule has 0 saturated heterocycles. The van der Waals surface area contributed by atoms with Crippen molar-refractivity contribution in [1.29, 1.82) is 0 Å². The Labute approximate surface area is 173 Å². The minimum atomic E-state index is 0.819. The topological polar surface area (TPSA) is 34.0 Å². The molecule has 0 unspecified atom stereocenters. The van der Waals surface area contributed by atoms with Gasteiger partial charge in [-0.3, -0.25) is 4.57 Å². The second-order valence-electron chi connectivity index (χ2n) is 7.87.